The van der Waals surface area contributed by atoms with Gasteiger partial charge in [0.1, 0.15) is 0 Å². The van der Waals surface area contributed by atoms with Crippen LogP contribution in [0.3, 0.4) is 0 Å². The molecule has 0 aliphatic rings. The van der Waals surface area contributed by atoms with Crippen molar-refractivity contribution in [3.8, 4) is 11.6 Å². The Balaban J connectivity index is 2.18. The molecule has 2 aromatic heterocycles. The van der Waals surface area contributed by atoms with E-state index < -0.39 is 5.97 Å². The van der Waals surface area contributed by atoms with E-state index in [0.717, 1.165) is 6.54 Å². The van der Waals surface area contributed by atoms with Gasteiger partial charge in [0.25, 0.3) is 0 Å². The van der Waals surface area contributed by atoms with Gasteiger partial charge in [0.05, 0.1) is 18.0 Å². The number of carboxylic acid groups (broad SMARTS) is 1. The third kappa shape index (κ3) is 2.60. The highest BCUT2D eigenvalue weighted by Crippen LogP contribution is 2.19. The average Bonchev–Trinajstić information content (AvgIpc) is 2.77. The highest BCUT2D eigenvalue weighted by molar-refractivity contribution is 5.87. The van der Waals surface area contributed by atoms with Crippen molar-refractivity contribution in [2.45, 2.75) is 13.5 Å². The molecule has 0 aromatic carbocycles. The van der Waals surface area contributed by atoms with E-state index in [-0.39, 0.29) is 11.4 Å². The van der Waals surface area contributed by atoms with Gasteiger partial charge >= 0.3 is 5.97 Å². The molecule has 0 saturated heterocycles. The van der Waals surface area contributed by atoms with Crippen LogP contribution in [-0.2, 0) is 6.54 Å². The maximum Gasteiger partial charge on any atom is 0.335 e. The SMILES string of the molecule is CCn1cc(Oc2cc(C(=O)O)ccn2)cn1. The Hall–Kier alpha value is -2.37. The molecule has 0 fully saturated rings. The van der Waals surface area contributed by atoms with Crippen molar-refractivity contribution < 1.29 is 14.6 Å². The van der Waals surface area contributed by atoms with Crippen molar-refractivity contribution in [2.75, 3.05) is 0 Å². The largest absolute Gasteiger partial charge is 0.478 e. The number of ether oxygens (including phenoxy) is 1. The molecule has 0 unspecified atom stereocenters. The summed E-state index contributed by atoms with van der Waals surface area (Å²) in [5, 5.41) is 12.9. The second-order valence-electron chi connectivity index (χ2n) is 3.32. The molecule has 0 amide bonds. The lowest BCUT2D eigenvalue weighted by Gasteiger charge is -2.01. The topological polar surface area (TPSA) is 77.2 Å². The molecule has 1 N–H and O–H groups in total. The normalized spacial score (nSPS) is 10.2. The van der Waals surface area contributed by atoms with Gasteiger partial charge in [0.15, 0.2) is 5.75 Å². The number of aryl methyl sites for hydroxylation is 1. The minimum Gasteiger partial charge on any atom is -0.478 e. The van der Waals surface area contributed by atoms with E-state index in [1.165, 1.54) is 18.3 Å². The summed E-state index contributed by atoms with van der Waals surface area (Å²) >= 11 is 0. The van der Waals surface area contributed by atoms with Crippen LogP contribution in [0.15, 0.2) is 30.7 Å². The zero-order valence-electron chi connectivity index (χ0n) is 9.20. The van der Waals surface area contributed by atoms with Crippen LogP contribution < -0.4 is 4.74 Å². The maximum atomic E-state index is 10.8. The van der Waals surface area contributed by atoms with Crippen LogP contribution in [0.1, 0.15) is 17.3 Å². The van der Waals surface area contributed by atoms with Gasteiger partial charge in [-0.05, 0) is 13.0 Å². The summed E-state index contributed by atoms with van der Waals surface area (Å²) in [7, 11) is 0. The molecule has 0 aliphatic carbocycles. The monoisotopic (exact) mass is 233 g/mol. The van der Waals surface area contributed by atoms with Gasteiger partial charge in [-0.15, -0.1) is 0 Å². The molecule has 6 nitrogen and oxygen atoms in total. The highest BCUT2D eigenvalue weighted by Gasteiger charge is 2.06. The van der Waals surface area contributed by atoms with Gasteiger partial charge in [-0.25, -0.2) is 9.78 Å². The molecular formula is C11H11N3O3. The van der Waals surface area contributed by atoms with Gasteiger partial charge < -0.3 is 9.84 Å². The number of pyridine rings is 1. The third-order valence-corrected chi connectivity index (χ3v) is 2.14. The van der Waals surface area contributed by atoms with Gasteiger partial charge in [-0.2, -0.15) is 5.10 Å². The Labute approximate surface area is 97.5 Å². The maximum absolute atomic E-state index is 10.8. The van der Waals surface area contributed by atoms with Crippen molar-refractivity contribution in [3.05, 3.63) is 36.3 Å². The fourth-order valence-electron chi connectivity index (χ4n) is 1.29. The third-order valence-electron chi connectivity index (χ3n) is 2.14. The fourth-order valence-corrected chi connectivity index (χ4v) is 1.29. The number of hydrogen-bond acceptors (Lipinski definition) is 4. The molecule has 6 heteroatoms. The van der Waals surface area contributed by atoms with E-state index >= 15 is 0 Å². The number of aromatic carboxylic acids is 1. The second-order valence-corrected chi connectivity index (χ2v) is 3.32. The van der Waals surface area contributed by atoms with Gasteiger partial charge in [0, 0.05) is 18.8 Å². The van der Waals surface area contributed by atoms with Crippen molar-refractivity contribution in [3.63, 3.8) is 0 Å². The summed E-state index contributed by atoms with van der Waals surface area (Å²) in [5.74, 6) is -0.246. The molecule has 2 aromatic rings. The number of nitrogens with zero attached hydrogens (tertiary/aromatic N) is 3. The number of rotatable bonds is 4. The molecule has 0 spiro atoms. The van der Waals surface area contributed by atoms with Crippen LogP contribution in [0.2, 0.25) is 0 Å². The first kappa shape index (κ1) is 11.1. The summed E-state index contributed by atoms with van der Waals surface area (Å²) in [6, 6.07) is 2.77. The summed E-state index contributed by atoms with van der Waals surface area (Å²) in [5.41, 5.74) is 0.137. The van der Waals surface area contributed by atoms with E-state index in [2.05, 4.69) is 10.1 Å². The summed E-state index contributed by atoms with van der Waals surface area (Å²) in [6.07, 6.45) is 4.66. The van der Waals surface area contributed by atoms with E-state index in [4.69, 9.17) is 9.84 Å². The quantitative estimate of drug-likeness (QED) is 0.871. The van der Waals surface area contributed by atoms with E-state index in [0.29, 0.717) is 5.75 Å². The van der Waals surface area contributed by atoms with Crippen LogP contribution in [0, 0.1) is 0 Å². The molecular weight excluding hydrogens is 222 g/mol. The fraction of sp³-hybridized carbons (Fsp3) is 0.182. The van der Waals surface area contributed by atoms with Gasteiger partial charge in [-0.3, -0.25) is 4.68 Å². The number of hydrogen-bond donors (Lipinski definition) is 1. The van der Waals surface area contributed by atoms with Gasteiger partial charge in [-0.1, -0.05) is 0 Å². The lowest BCUT2D eigenvalue weighted by Crippen LogP contribution is -1.97. The predicted octanol–water partition coefficient (Wildman–Crippen LogP) is 1.79. The minimum atomic E-state index is -1.01. The Bertz CT molecular complexity index is 536. The molecule has 0 bridgehead atoms. The van der Waals surface area contributed by atoms with E-state index in [1.54, 1.807) is 17.1 Å². The average molecular weight is 233 g/mol. The Kier molecular flexibility index (Phi) is 3.04. The number of carboxylic acids is 1. The number of carbonyl (C=O) groups is 1. The number of aromatic nitrogens is 3. The second kappa shape index (κ2) is 4.65. The summed E-state index contributed by atoms with van der Waals surface area (Å²) < 4.78 is 7.10. The standard InChI is InChI=1S/C11H11N3O3/c1-2-14-7-9(6-13-14)17-10-5-8(11(15)16)3-4-12-10/h3-7H,2H2,1H3,(H,15,16). The van der Waals surface area contributed by atoms with Crippen LogP contribution in [-0.4, -0.2) is 25.8 Å². The molecule has 17 heavy (non-hydrogen) atoms. The zero-order valence-corrected chi connectivity index (χ0v) is 9.20. The van der Waals surface area contributed by atoms with Crippen LogP contribution >= 0.6 is 0 Å². The van der Waals surface area contributed by atoms with E-state index in [1.807, 2.05) is 6.92 Å². The molecule has 2 heterocycles. The first-order chi connectivity index (χ1) is 8.19. The molecule has 0 atom stereocenters. The van der Waals surface area contributed by atoms with Gasteiger partial charge in [0.2, 0.25) is 5.88 Å². The van der Waals surface area contributed by atoms with Crippen molar-refractivity contribution >= 4 is 5.97 Å². The molecule has 2 rings (SSSR count). The van der Waals surface area contributed by atoms with Crippen molar-refractivity contribution in [2.24, 2.45) is 0 Å². The summed E-state index contributed by atoms with van der Waals surface area (Å²) in [6.45, 7) is 2.70. The first-order valence-corrected chi connectivity index (χ1v) is 5.08. The minimum absolute atomic E-state index is 0.137. The van der Waals surface area contributed by atoms with Crippen molar-refractivity contribution in [1.29, 1.82) is 0 Å². The van der Waals surface area contributed by atoms with Crippen LogP contribution in [0.25, 0.3) is 0 Å². The Morgan fingerprint density at radius 1 is 1.59 bits per heavy atom. The van der Waals surface area contributed by atoms with Crippen LogP contribution in [0.5, 0.6) is 11.6 Å². The predicted molar refractivity (Wildman–Crippen MR) is 59.2 cm³/mol. The first-order valence-electron chi connectivity index (χ1n) is 5.08. The summed E-state index contributed by atoms with van der Waals surface area (Å²) in [4.78, 5) is 14.7. The molecule has 0 saturated carbocycles. The lowest BCUT2D eigenvalue weighted by atomic mass is 10.3. The van der Waals surface area contributed by atoms with Crippen molar-refractivity contribution in [1.82, 2.24) is 14.8 Å². The van der Waals surface area contributed by atoms with E-state index in [9.17, 15) is 4.79 Å². The lowest BCUT2D eigenvalue weighted by molar-refractivity contribution is 0.0696. The van der Waals surface area contributed by atoms with Crippen LogP contribution in [0.4, 0.5) is 0 Å². The zero-order chi connectivity index (χ0) is 12.3. The highest BCUT2D eigenvalue weighted by atomic mass is 16.5. The molecule has 88 valence electrons. The Morgan fingerprint density at radius 3 is 3.06 bits per heavy atom. The smallest absolute Gasteiger partial charge is 0.335 e. The molecule has 0 radical (unpaired) electrons. The molecule has 0 aliphatic heterocycles. The Morgan fingerprint density at radius 2 is 2.41 bits per heavy atom.